The van der Waals surface area contributed by atoms with Crippen LogP contribution in [0, 0.1) is 0 Å². The van der Waals surface area contributed by atoms with Crippen LogP contribution in [0.5, 0.6) is 0 Å². The van der Waals surface area contributed by atoms with Crippen molar-refractivity contribution in [3.63, 3.8) is 0 Å². The van der Waals surface area contributed by atoms with Crippen LogP contribution in [0.4, 0.5) is 0 Å². The van der Waals surface area contributed by atoms with Crippen LogP contribution in [0.15, 0.2) is 42.5 Å². The van der Waals surface area contributed by atoms with Crippen molar-refractivity contribution < 1.29 is 4.79 Å². The fourth-order valence-corrected chi connectivity index (χ4v) is 2.07. The van der Waals surface area contributed by atoms with Gasteiger partial charge in [-0.1, -0.05) is 42.5 Å². The van der Waals surface area contributed by atoms with Crippen molar-refractivity contribution in [2.24, 2.45) is 0 Å². The molecular formula is C17H25NO. The molecule has 2 nitrogen and oxygen atoms in total. The van der Waals surface area contributed by atoms with Crippen LogP contribution < -0.4 is 0 Å². The average Bonchev–Trinajstić information content (AvgIpc) is 2.45. The van der Waals surface area contributed by atoms with E-state index >= 15 is 0 Å². The van der Waals surface area contributed by atoms with Gasteiger partial charge in [0.05, 0.1) is 0 Å². The zero-order valence-corrected chi connectivity index (χ0v) is 12.1. The van der Waals surface area contributed by atoms with E-state index < -0.39 is 0 Å². The van der Waals surface area contributed by atoms with Gasteiger partial charge < -0.3 is 4.90 Å². The zero-order valence-electron chi connectivity index (χ0n) is 12.1. The van der Waals surface area contributed by atoms with E-state index in [9.17, 15) is 4.79 Å². The molecule has 1 rings (SSSR count). The zero-order chi connectivity index (χ0) is 13.9. The number of carbonyl (C=O) groups is 1. The molecule has 104 valence electrons. The lowest BCUT2D eigenvalue weighted by Crippen LogP contribution is -2.29. The van der Waals surface area contributed by atoms with Gasteiger partial charge in [0.15, 0.2) is 0 Å². The van der Waals surface area contributed by atoms with Crippen molar-refractivity contribution in [2.45, 2.75) is 39.5 Å². The first-order valence-corrected chi connectivity index (χ1v) is 7.24. The predicted octanol–water partition coefficient (Wildman–Crippen LogP) is 3.82. The van der Waals surface area contributed by atoms with Crippen LogP contribution in [0.1, 0.15) is 38.7 Å². The van der Waals surface area contributed by atoms with Gasteiger partial charge in [-0.05, 0) is 38.7 Å². The summed E-state index contributed by atoms with van der Waals surface area (Å²) in [6, 6.07) is 10.5. The standard InChI is InChI=1S/C17H25NO/c1-3-18(4-2)17(19)15-11-6-5-8-12-16-13-9-7-10-14-16/h5-7,9-10,13-14H,3-4,8,11-12,15H2,1-2H3/b6-5+. The Bertz CT molecular complexity index is 380. The molecule has 1 amide bonds. The summed E-state index contributed by atoms with van der Waals surface area (Å²) in [5.74, 6) is 0.262. The van der Waals surface area contributed by atoms with Gasteiger partial charge in [0, 0.05) is 19.5 Å². The first-order chi connectivity index (χ1) is 9.27. The van der Waals surface area contributed by atoms with E-state index in [0.29, 0.717) is 6.42 Å². The Morgan fingerprint density at radius 3 is 2.32 bits per heavy atom. The van der Waals surface area contributed by atoms with Gasteiger partial charge in [0.25, 0.3) is 0 Å². The summed E-state index contributed by atoms with van der Waals surface area (Å²) < 4.78 is 0. The van der Waals surface area contributed by atoms with Crippen molar-refractivity contribution in [2.75, 3.05) is 13.1 Å². The molecule has 0 fully saturated rings. The maximum Gasteiger partial charge on any atom is 0.222 e. The summed E-state index contributed by atoms with van der Waals surface area (Å²) in [7, 11) is 0. The maximum absolute atomic E-state index is 11.8. The molecule has 0 saturated heterocycles. The van der Waals surface area contributed by atoms with Gasteiger partial charge in [-0.25, -0.2) is 0 Å². The van der Waals surface area contributed by atoms with Crippen LogP contribution in [-0.2, 0) is 11.2 Å². The second kappa shape index (κ2) is 9.37. The Morgan fingerprint density at radius 2 is 1.68 bits per heavy atom. The molecule has 0 saturated carbocycles. The molecule has 0 spiro atoms. The quantitative estimate of drug-likeness (QED) is 0.650. The SMILES string of the molecule is CCN(CC)C(=O)CC/C=C/CCc1ccccc1. The molecule has 0 atom stereocenters. The fraction of sp³-hybridized carbons (Fsp3) is 0.471. The lowest BCUT2D eigenvalue weighted by Gasteiger charge is -2.17. The molecule has 0 bridgehead atoms. The third kappa shape index (κ3) is 6.23. The van der Waals surface area contributed by atoms with E-state index in [0.717, 1.165) is 32.4 Å². The van der Waals surface area contributed by atoms with Crippen molar-refractivity contribution in [1.29, 1.82) is 0 Å². The van der Waals surface area contributed by atoms with E-state index in [-0.39, 0.29) is 5.91 Å². The molecule has 1 aromatic carbocycles. The normalized spacial score (nSPS) is 10.8. The molecule has 0 aromatic heterocycles. The minimum atomic E-state index is 0.262. The van der Waals surface area contributed by atoms with Crippen LogP contribution in [0.25, 0.3) is 0 Å². The summed E-state index contributed by atoms with van der Waals surface area (Å²) in [6.45, 7) is 5.67. The van der Waals surface area contributed by atoms with Gasteiger partial charge >= 0.3 is 0 Å². The van der Waals surface area contributed by atoms with Gasteiger partial charge in [-0.15, -0.1) is 0 Å². The summed E-state index contributed by atoms with van der Waals surface area (Å²) in [5, 5.41) is 0. The van der Waals surface area contributed by atoms with E-state index in [1.807, 2.05) is 24.8 Å². The highest BCUT2D eigenvalue weighted by atomic mass is 16.2. The van der Waals surface area contributed by atoms with E-state index in [1.165, 1.54) is 5.56 Å². The van der Waals surface area contributed by atoms with Crippen molar-refractivity contribution in [1.82, 2.24) is 4.90 Å². The smallest absolute Gasteiger partial charge is 0.222 e. The lowest BCUT2D eigenvalue weighted by molar-refractivity contribution is -0.130. The fourth-order valence-electron chi connectivity index (χ4n) is 2.07. The summed E-state index contributed by atoms with van der Waals surface area (Å²) in [4.78, 5) is 13.6. The maximum atomic E-state index is 11.8. The number of rotatable bonds is 8. The minimum Gasteiger partial charge on any atom is -0.343 e. The number of hydrogen-bond acceptors (Lipinski definition) is 1. The molecule has 1 aromatic rings. The molecule has 0 aliphatic rings. The summed E-state index contributed by atoms with van der Waals surface area (Å²) in [6.07, 6.45) is 7.91. The van der Waals surface area contributed by atoms with E-state index in [4.69, 9.17) is 0 Å². The molecule has 0 heterocycles. The predicted molar refractivity (Wildman–Crippen MR) is 81.1 cm³/mol. The van der Waals surface area contributed by atoms with E-state index in [1.54, 1.807) is 0 Å². The largest absolute Gasteiger partial charge is 0.343 e. The van der Waals surface area contributed by atoms with Crippen molar-refractivity contribution >= 4 is 5.91 Å². The van der Waals surface area contributed by atoms with Gasteiger partial charge in [-0.2, -0.15) is 0 Å². The van der Waals surface area contributed by atoms with Crippen LogP contribution >= 0.6 is 0 Å². The number of amides is 1. The second-order valence-corrected chi connectivity index (χ2v) is 4.60. The molecule has 2 heteroatoms. The second-order valence-electron chi connectivity index (χ2n) is 4.60. The molecule has 0 unspecified atom stereocenters. The number of nitrogens with zero attached hydrogens (tertiary/aromatic N) is 1. The number of hydrogen-bond donors (Lipinski definition) is 0. The highest BCUT2D eigenvalue weighted by molar-refractivity contribution is 5.76. The third-order valence-corrected chi connectivity index (χ3v) is 3.25. The highest BCUT2D eigenvalue weighted by Crippen LogP contribution is 2.04. The molecular weight excluding hydrogens is 234 g/mol. The first-order valence-electron chi connectivity index (χ1n) is 7.24. The van der Waals surface area contributed by atoms with E-state index in [2.05, 4.69) is 36.4 Å². The molecule has 0 aliphatic carbocycles. The number of benzene rings is 1. The Labute approximate surface area is 117 Å². The highest BCUT2D eigenvalue weighted by Gasteiger charge is 2.06. The lowest BCUT2D eigenvalue weighted by atomic mass is 10.1. The number of carbonyl (C=O) groups excluding carboxylic acids is 1. The Hall–Kier alpha value is -1.57. The molecule has 0 radical (unpaired) electrons. The number of aryl methyl sites for hydroxylation is 1. The van der Waals surface area contributed by atoms with Crippen molar-refractivity contribution in [3.8, 4) is 0 Å². The van der Waals surface area contributed by atoms with Crippen LogP contribution in [0.3, 0.4) is 0 Å². The number of allylic oxidation sites excluding steroid dienone is 2. The molecule has 19 heavy (non-hydrogen) atoms. The topological polar surface area (TPSA) is 20.3 Å². The average molecular weight is 259 g/mol. The van der Waals surface area contributed by atoms with Crippen LogP contribution in [-0.4, -0.2) is 23.9 Å². The first kappa shape index (κ1) is 15.5. The monoisotopic (exact) mass is 259 g/mol. The van der Waals surface area contributed by atoms with Crippen molar-refractivity contribution in [3.05, 3.63) is 48.0 Å². The molecule has 0 aliphatic heterocycles. The Kier molecular flexibility index (Phi) is 7.64. The van der Waals surface area contributed by atoms with Gasteiger partial charge in [-0.3, -0.25) is 4.79 Å². The van der Waals surface area contributed by atoms with Gasteiger partial charge in [0.1, 0.15) is 0 Å². The minimum absolute atomic E-state index is 0.262. The summed E-state index contributed by atoms with van der Waals surface area (Å²) >= 11 is 0. The van der Waals surface area contributed by atoms with Crippen LogP contribution in [0.2, 0.25) is 0 Å². The summed E-state index contributed by atoms with van der Waals surface area (Å²) in [5.41, 5.74) is 1.37. The van der Waals surface area contributed by atoms with Gasteiger partial charge in [0.2, 0.25) is 5.91 Å². The third-order valence-electron chi connectivity index (χ3n) is 3.25. The Balaban J connectivity index is 2.16. The molecule has 0 N–H and O–H groups in total. The Morgan fingerprint density at radius 1 is 1.05 bits per heavy atom.